The topological polar surface area (TPSA) is 24.5 Å². The Morgan fingerprint density at radius 2 is 2.12 bits per heavy atom. The first-order valence-electron chi connectivity index (χ1n) is 6.55. The van der Waals surface area contributed by atoms with Gasteiger partial charge in [0.05, 0.1) is 6.61 Å². The zero-order valence-electron chi connectivity index (χ0n) is 10.4. The van der Waals surface area contributed by atoms with Gasteiger partial charge in [-0.1, -0.05) is 18.2 Å². The fourth-order valence-corrected chi connectivity index (χ4v) is 2.84. The summed E-state index contributed by atoms with van der Waals surface area (Å²) in [6.45, 7) is 7.60. The first-order valence-corrected chi connectivity index (χ1v) is 6.55. The molecule has 1 unspecified atom stereocenters. The molecular formula is C14H20N2O. The standard InChI is InChI=1S/C14H20N2O/c1-11(16-8-6-15-7-9-16)13-4-2-3-12-5-10-17-14(12)13/h2-4,11,15H,5-10H2,1H3. The normalized spacial score (nSPS) is 21.9. The second kappa shape index (κ2) is 4.67. The molecule has 92 valence electrons. The molecule has 0 spiro atoms. The predicted molar refractivity (Wildman–Crippen MR) is 68.5 cm³/mol. The van der Waals surface area contributed by atoms with Gasteiger partial charge in [0.2, 0.25) is 0 Å². The van der Waals surface area contributed by atoms with Gasteiger partial charge in [-0.2, -0.15) is 0 Å². The van der Waals surface area contributed by atoms with Crippen molar-refractivity contribution in [2.45, 2.75) is 19.4 Å². The lowest BCUT2D eigenvalue weighted by Crippen LogP contribution is -2.44. The van der Waals surface area contributed by atoms with E-state index in [0.29, 0.717) is 6.04 Å². The van der Waals surface area contributed by atoms with Crippen LogP contribution in [0.2, 0.25) is 0 Å². The fourth-order valence-electron chi connectivity index (χ4n) is 2.84. The van der Waals surface area contributed by atoms with Gasteiger partial charge in [0.1, 0.15) is 5.75 Å². The number of hydrogen-bond acceptors (Lipinski definition) is 3. The number of hydrogen-bond donors (Lipinski definition) is 1. The fraction of sp³-hybridized carbons (Fsp3) is 0.571. The third kappa shape index (κ3) is 2.05. The van der Waals surface area contributed by atoms with Crippen LogP contribution >= 0.6 is 0 Å². The highest BCUT2D eigenvalue weighted by atomic mass is 16.5. The third-order valence-corrected chi connectivity index (χ3v) is 3.89. The molecule has 2 aliphatic rings. The number of piperazine rings is 1. The molecule has 1 saturated heterocycles. The zero-order valence-corrected chi connectivity index (χ0v) is 10.4. The van der Waals surface area contributed by atoms with Crippen LogP contribution in [0.15, 0.2) is 18.2 Å². The molecule has 1 N–H and O–H groups in total. The van der Waals surface area contributed by atoms with E-state index in [2.05, 4.69) is 35.3 Å². The molecule has 1 aromatic carbocycles. The molecule has 0 bridgehead atoms. The number of para-hydroxylation sites is 1. The molecule has 0 radical (unpaired) electrons. The summed E-state index contributed by atoms with van der Waals surface area (Å²) in [6, 6.07) is 7.04. The van der Waals surface area contributed by atoms with Crippen LogP contribution in [0.3, 0.4) is 0 Å². The van der Waals surface area contributed by atoms with Crippen molar-refractivity contribution >= 4 is 0 Å². The van der Waals surface area contributed by atoms with Crippen molar-refractivity contribution in [1.29, 1.82) is 0 Å². The molecule has 2 heterocycles. The second-order valence-electron chi connectivity index (χ2n) is 4.90. The Kier molecular flexibility index (Phi) is 3.04. The van der Waals surface area contributed by atoms with E-state index in [1.54, 1.807) is 0 Å². The summed E-state index contributed by atoms with van der Waals surface area (Å²) in [5.74, 6) is 1.15. The van der Waals surface area contributed by atoms with Gasteiger partial charge in [0.15, 0.2) is 0 Å². The first kappa shape index (κ1) is 11.1. The number of rotatable bonds is 2. The zero-order chi connectivity index (χ0) is 11.7. The van der Waals surface area contributed by atoms with E-state index in [-0.39, 0.29) is 0 Å². The first-order chi connectivity index (χ1) is 8.36. The lowest BCUT2D eigenvalue weighted by Gasteiger charge is -2.33. The maximum absolute atomic E-state index is 5.80. The van der Waals surface area contributed by atoms with Crippen molar-refractivity contribution < 1.29 is 4.74 Å². The van der Waals surface area contributed by atoms with Gasteiger partial charge in [-0.25, -0.2) is 0 Å². The van der Waals surface area contributed by atoms with E-state index in [9.17, 15) is 0 Å². The Labute approximate surface area is 103 Å². The van der Waals surface area contributed by atoms with Crippen molar-refractivity contribution in [2.24, 2.45) is 0 Å². The molecule has 3 rings (SSSR count). The highest BCUT2D eigenvalue weighted by Crippen LogP contribution is 2.35. The van der Waals surface area contributed by atoms with Gasteiger partial charge in [-0.05, 0) is 12.5 Å². The molecule has 1 atom stereocenters. The van der Waals surface area contributed by atoms with E-state index >= 15 is 0 Å². The number of nitrogens with one attached hydrogen (secondary N) is 1. The Balaban J connectivity index is 1.85. The Morgan fingerprint density at radius 3 is 2.94 bits per heavy atom. The van der Waals surface area contributed by atoms with Crippen molar-refractivity contribution in [3.63, 3.8) is 0 Å². The molecule has 2 aliphatic heterocycles. The van der Waals surface area contributed by atoms with Crippen molar-refractivity contribution in [3.8, 4) is 5.75 Å². The largest absolute Gasteiger partial charge is 0.493 e. The second-order valence-corrected chi connectivity index (χ2v) is 4.90. The van der Waals surface area contributed by atoms with Gasteiger partial charge >= 0.3 is 0 Å². The molecule has 1 fully saturated rings. The number of nitrogens with zero attached hydrogens (tertiary/aromatic N) is 1. The number of ether oxygens (including phenoxy) is 1. The van der Waals surface area contributed by atoms with E-state index in [1.807, 2.05) is 0 Å². The maximum Gasteiger partial charge on any atom is 0.127 e. The molecule has 3 heteroatoms. The van der Waals surface area contributed by atoms with Gasteiger partial charge in [0, 0.05) is 44.2 Å². The summed E-state index contributed by atoms with van der Waals surface area (Å²) >= 11 is 0. The number of benzene rings is 1. The Morgan fingerprint density at radius 1 is 1.29 bits per heavy atom. The molecule has 3 nitrogen and oxygen atoms in total. The van der Waals surface area contributed by atoms with Gasteiger partial charge in [-0.15, -0.1) is 0 Å². The minimum atomic E-state index is 0.463. The number of fused-ring (bicyclic) bond motifs is 1. The van der Waals surface area contributed by atoms with Gasteiger partial charge in [0.25, 0.3) is 0 Å². The van der Waals surface area contributed by atoms with Crippen LogP contribution in [0.25, 0.3) is 0 Å². The monoisotopic (exact) mass is 232 g/mol. The summed E-state index contributed by atoms with van der Waals surface area (Å²) in [5, 5.41) is 3.40. The molecule has 17 heavy (non-hydrogen) atoms. The SMILES string of the molecule is CC(c1cccc2c1OCC2)N1CCNCC1. The van der Waals surface area contributed by atoms with Crippen LogP contribution in [0.5, 0.6) is 5.75 Å². The van der Waals surface area contributed by atoms with E-state index in [4.69, 9.17) is 4.74 Å². The Hall–Kier alpha value is -1.06. The molecule has 0 aromatic heterocycles. The van der Waals surface area contributed by atoms with Crippen LogP contribution in [0, 0.1) is 0 Å². The molecule has 1 aromatic rings. The Bertz CT molecular complexity index is 399. The summed E-state index contributed by atoms with van der Waals surface area (Å²) in [5.41, 5.74) is 2.74. The lowest BCUT2D eigenvalue weighted by atomic mass is 10.0. The maximum atomic E-state index is 5.80. The van der Waals surface area contributed by atoms with Crippen LogP contribution in [-0.4, -0.2) is 37.7 Å². The molecular weight excluding hydrogens is 212 g/mol. The predicted octanol–water partition coefficient (Wildman–Crippen LogP) is 1.59. The third-order valence-electron chi connectivity index (χ3n) is 3.89. The minimum absolute atomic E-state index is 0.463. The average Bonchev–Trinajstić information content (AvgIpc) is 2.87. The summed E-state index contributed by atoms with van der Waals surface area (Å²) in [7, 11) is 0. The van der Waals surface area contributed by atoms with Crippen LogP contribution in [0.1, 0.15) is 24.1 Å². The highest BCUT2D eigenvalue weighted by Gasteiger charge is 2.24. The van der Waals surface area contributed by atoms with E-state index in [0.717, 1.165) is 45.0 Å². The summed E-state index contributed by atoms with van der Waals surface area (Å²) in [4.78, 5) is 2.54. The van der Waals surface area contributed by atoms with E-state index in [1.165, 1.54) is 11.1 Å². The molecule has 0 amide bonds. The van der Waals surface area contributed by atoms with Gasteiger partial charge in [-0.3, -0.25) is 4.90 Å². The molecule has 0 saturated carbocycles. The van der Waals surface area contributed by atoms with Gasteiger partial charge < -0.3 is 10.1 Å². The van der Waals surface area contributed by atoms with Crippen LogP contribution in [0.4, 0.5) is 0 Å². The minimum Gasteiger partial charge on any atom is -0.493 e. The van der Waals surface area contributed by atoms with Crippen LogP contribution < -0.4 is 10.1 Å². The van der Waals surface area contributed by atoms with E-state index < -0.39 is 0 Å². The summed E-state index contributed by atoms with van der Waals surface area (Å²) in [6.07, 6.45) is 1.07. The quantitative estimate of drug-likeness (QED) is 0.838. The molecule has 0 aliphatic carbocycles. The summed E-state index contributed by atoms with van der Waals surface area (Å²) < 4.78 is 5.80. The lowest BCUT2D eigenvalue weighted by molar-refractivity contribution is 0.182. The van der Waals surface area contributed by atoms with Crippen molar-refractivity contribution in [2.75, 3.05) is 32.8 Å². The smallest absolute Gasteiger partial charge is 0.127 e. The highest BCUT2D eigenvalue weighted by molar-refractivity contribution is 5.45. The van der Waals surface area contributed by atoms with Crippen molar-refractivity contribution in [3.05, 3.63) is 29.3 Å². The van der Waals surface area contributed by atoms with Crippen LogP contribution in [-0.2, 0) is 6.42 Å². The van der Waals surface area contributed by atoms with Crippen molar-refractivity contribution in [1.82, 2.24) is 10.2 Å². The average molecular weight is 232 g/mol.